The average Bonchev–Trinajstić information content (AvgIpc) is 2.98. The van der Waals surface area contributed by atoms with E-state index in [1.165, 1.54) is 32.1 Å². The van der Waals surface area contributed by atoms with Gasteiger partial charge in [-0.05, 0) is 12.8 Å². The molecule has 0 radical (unpaired) electrons. The van der Waals surface area contributed by atoms with Gasteiger partial charge in [0.1, 0.15) is 0 Å². The molecule has 1 aliphatic carbocycles. The Morgan fingerprint density at radius 3 is 1.75 bits per heavy atom. The molecule has 2 atom stereocenters. The monoisotopic (exact) mass is 168 g/mol. The van der Waals surface area contributed by atoms with Crippen LogP contribution in [0.1, 0.15) is 32.1 Å². The molecule has 0 aromatic heterocycles. The van der Waals surface area contributed by atoms with Crippen LogP contribution in [0.4, 0.5) is 0 Å². The van der Waals surface area contributed by atoms with Crippen molar-refractivity contribution in [2.45, 2.75) is 44.3 Å². The van der Waals surface area contributed by atoms with Gasteiger partial charge in [-0.15, -0.1) is 0 Å². The lowest BCUT2D eigenvalue weighted by Crippen LogP contribution is -2.35. The van der Waals surface area contributed by atoms with Crippen LogP contribution in [0.3, 0.4) is 0 Å². The minimum Gasteiger partial charge on any atom is -0.372 e. The maximum Gasteiger partial charge on any atom is 0.0891 e. The second-order valence-corrected chi connectivity index (χ2v) is 4.44. The summed E-state index contributed by atoms with van der Waals surface area (Å²) in [6, 6.07) is 0. The van der Waals surface area contributed by atoms with Gasteiger partial charge < -0.3 is 9.47 Å². The molecular weight excluding hydrogens is 152 g/mol. The van der Waals surface area contributed by atoms with E-state index < -0.39 is 0 Å². The third-order valence-electron chi connectivity index (χ3n) is 3.73. The van der Waals surface area contributed by atoms with Crippen LogP contribution in [0.15, 0.2) is 0 Å². The van der Waals surface area contributed by atoms with Gasteiger partial charge in [0, 0.05) is 5.41 Å². The fourth-order valence-electron chi connectivity index (χ4n) is 2.82. The zero-order valence-electron chi connectivity index (χ0n) is 7.42. The molecule has 2 heterocycles. The van der Waals surface area contributed by atoms with Crippen molar-refractivity contribution in [1.82, 2.24) is 0 Å². The number of hydrogen-bond acceptors (Lipinski definition) is 2. The Morgan fingerprint density at radius 2 is 1.33 bits per heavy atom. The molecular formula is C10H16O2. The molecule has 3 rings (SSSR count). The molecule has 0 N–H and O–H groups in total. The Balaban J connectivity index is 1.79. The first-order valence-electron chi connectivity index (χ1n) is 5.15. The quantitative estimate of drug-likeness (QED) is 0.587. The van der Waals surface area contributed by atoms with E-state index in [4.69, 9.17) is 9.47 Å². The number of hydrogen-bond donors (Lipinski definition) is 0. The molecule has 0 bridgehead atoms. The van der Waals surface area contributed by atoms with E-state index in [-0.39, 0.29) is 0 Å². The molecule has 1 saturated carbocycles. The van der Waals surface area contributed by atoms with Crippen molar-refractivity contribution >= 4 is 0 Å². The Morgan fingerprint density at radius 1 is 0.833 bits per heavy atom. The molecule has 2 nitrogen and oxygen atoms in total. The smallest absolute Gasteiger partial charge is 0.0891 e. The Hall–Kier alpha value is -0.0800. The van der Waals surface area contributed by atoms with E-state index >= 15 is 0 Å². The minimum absolute atomic E-state index is 0.457. The summed E-state index contributed by atoms with van der Waals surface area (Å²) in [5.74, 6) is 0. The van der Waals surface area contributed by atoms with Gasteiger partial charge >= 0.3 is 0 Å². The molecule has 0 spiro atoms. The predicted octanol–water partition coefficient (Wildman–Crippen LogP) is 1.73. The van der Waals surface area contributed by atoms with E-state index in [0.29, 0.717) is 17.6 Å². The average molecular weight is 168 g/mol. The van der Waals surface area contributed by atoms with Crippen LogP contribution in [0.2, 0.25) is 0 Å². The minimum atomic E-state index is 0.457. The number of rotatable bonds is 2. The van der Waals surface area contributed by atoms with Gasteiger partial charge in [0.05, 0.1) is 25.4 Å². The van der Waals surface area contributed by atoms with Gasteiger partial charge in [0.2, 0.25) is 0 Å². The highest BCUT2D eigenvalue weighted by molar-refractivity contribution is 5.04. The highest BCUT2D eigenvalue weighted by Crippen LogP contribution is 2.52. The van der Waals surface area contributed by atoms with Crippen LogP contribution in [-0.2, 0) is 9.47 Å². The van der Waals surface area contributed by atoms with Crippen molar-refractivity contribution in [3.63, 3.8) is 0 Å². The van der Waals surface area contributed by atoms with Gasteiger partial charge in [-0.25, -0.2) is 0 Å². The van der Waals surface area contributed by atoms with Gasteiger partial charge in [0.15, 0.2) is 0 Å². The molecule has 0 amide bonds. The van der Waals surface area contributed by atoms with E-state index in [1.807, 2.05) is 0 Å². The molecule has 2 saturated heterocycles. The standard InChI is InChI=1S/C10H16O2/c1-2-4-10(5-3-1,8-6-11-8)9-7-12-9/h8-9H,1-7H2. The van der Waals surface area contributed by atoms with Crippen molar-refractivity contribution in [2.75, 3.05) is 13.2 Å². The fraction of sp³-hybridized carbons (Fsp3) is 1.00. The summed E-state index contributed by atoms with van der Waals surface area (Å²) in [5.41, 5.74) is 0.457. The fourth-order valence-corrected chi connectivity index (χ4v) is 2.82. The Labute approximate surface area is 73.2 Å². The highest BCUT2D eigenvalue weighted by Gasteiger charge is 2.56. The molecule has 3 aliphatic rings. The zero-order valence-corrected chi connectivity index (χ0v) is 7.42. The van der Waals surface area contributed by atoms with Gasteiger partial charge in [-0.2, -0.15) is 0 Å². The lowest BCUT2D eigenvalue weighted by Gasteiger charge is -2.34. The van der Waals surface area contributed by atoms with Gasteiger partial charge in [-0.3, -0.25) is 0 Å². The second-order valence-electron chi connectivity index (χ2n) is 4.44. The van der Waals surface area contributed by atoms with Gasteiger partial charge in [-0.1, -0.05) is 19.3 Å². The second kappa shape index (κ2) is 2.46. The maximum absolute atomic E-state index is 5.47. The molecule has 2 unspecified atom stereocenters. The summed E-state index contributed by atoms with van der Waals surface area (Å²) in [4.78, 5) is 0. The maximum atomic E-state index is 5.47. The van der Waals surface area contributed by atoms with E-state index in [1.54, 1.807) is 0 Å². The molecule has 12 heavy (non-hydrogen) atoms. The lowest BCUT2D eigenvalue weighted by molar-refractivity contribution is 0.0906. The third-order valence-corrected chi connectivity index (χ3v) is 3.73. The zero-order chi connectivity index (χ0) is 8.02. The highest BCUT2D eigenvalue weighted by atomic mass is 16.6. The topological polar surface area (TPSA) is 25.1 Å². The third kappa shape index (κ3) is 1.01. The van der Waals surface area contributed by atoms with Crippen molar-refractivity contribution in [1.29, 1.82) is 0 Å². The van der Waals surface area contributed by atoms with E-state index in [9.17, 15) is 0 Å². The van der Waals surface area contributed by atoms with Crippen LogP contribution < -0.4 is 0 Å². The van der Waals surface area contributed by atoms with Crippen LogP contribution in [0.25, 0.3) is 0 Å². The summed E-state index contributed by atoms with van der Waals surface area (Å²) >= 11 is 0. The molecule has 0 aromatic carbocycles. The SMILES string of the molecule is C1CCC(C2CO2)(C2CO2)CC1. The first-order chi connectivity index (χ1) is 5.92. The number of epoxide rings is 2. The predicted molar refractivity (Wildman–Crippen MR) is 45.0 cm³/mol. The van der Waals surface area contributed by atoms with Crippen molar-refractivity contribution < 1.29 is 9.47 Å². The van der Waals surface area contributed by atoms with Crippen LogP contribution >= 0.6 is 0 Å². The van der Waals surface area contributed by atoms with Crippen molar-refractivity contribution in [3.05, 3.63) is 0 Å². The summed E-state index contributed by atoms with van der Waals surface area (Å²) in [5, 5.41) is 0. The molecule has 2 aliphatic heterocycles. The summed E-state index contributed by atoms with van der Waals surface area (Å²) in [7, 11) is 0. The van der Waals surface area contributed by atoms with Crippen LogP contribution in [0.5, 0.6) is 0 Å². The van der Waals surface area contributed by atoms with Crippen molar-refractivity contribution in [2.24, 2.45) is 5.41 Å². The lowest BCUT2D eigenvalue weighted by atomic mass is 9.69. The van der Waals surface area contributed by atoms with E-state index in [2.05, 4.69) is 0 Å². The Bertz CT molecular complexity index is 162. The molecule has 68 valence electrons. The van der Waals surface area contributed by atoms with Crippen LogP contribution in [0, 0.1) is 5.41 Å². The molecule has 3 fully saturated rings. The summed E-state index contributed by atoms with van der Waals surface area (Å²) in [6.07, 6.45) is 8.02. The summed E-state index contributed by atoms with van der Waals surface area (Å²) < 4.78 is 10.9. The Kier molecular flexibility index (Phi) is 1.50. The van der Waals surface area contributed by atoms with Gasteiger partial charge in [0.25, 0.3) is 0 Å². The normalized spacial score (nSPS) is 44.0. The first-order valence-corrected chi connectivity index (χ1v) is 5.15. The van der Waals surface area contributed by atoms with Crippen LogP contribution in [-0.4, -0.2) is 25.4 Å². The van der Waals surface area contributed by atoms with E-state index in [0.717, 1.165) is 13.2 Å². The molecule has 2 heteroatoms. The first kappa shape index (κ1) is 7.34. The van der Waals surface area contributed by atoms with Crippen molar-refractivity contribution in [3.8, 4) is 0 Å². The largest absolute Gasteiger partial charge is 0.372 e. The number of ether oxygens (including phenoxy) is 2. The summed E-state index contributed by atoms with van der Waals surface area (Å²) in [6.45, 7) is 2.00. The molecule has 0 aromatic rings.